The number of halogens is 1. The number of rotatable bonds is 8. The van der Waals surface area contributed by atoms with Gasteiger partial charge in [-0.3, -0.25) is 9.59 Å². The van der Waals surface area contributed by atoms with Gasteiger partial charge in [-0.15, -0.1) is 0 Å². The fraction of sp³-hybridized carbons (Fsp3) is 0.333. The van der Waals surface area contributed by atoms with Gasteiger partial charge in [0, 0.05) is 13.1 Å². The molecule has 0 fully saturated rings. The molecule has 2 amide bonds. The second-order valence-electron chi connectivity index (χ2n) is 6.32. The monoisotopic (exact) mass is 372 g/mol. The van der Waals surface area contributed by atoms with Gasteiger partial charge in [0.2, 0.25) is 5.91 Å². The van der Waals surface area contributed by atoms with Crippen molar-refractivity contribution in [3.8, 4) is 5.75 Å². The lowest BCUT2D eigenvalue weighted by molar-refractivity contribution is -0.142. The van der Waals surface area contributed by atoms with Crippen molar-refractivity contribution in [3.63, 3.8) is 0 Å². The number of ether oxygens (including phenoxy) is 1. The van der Waals surface area contributed by atoms with Crippen molar-refractivity contribution in [2.75, 3.05) is 13.2 Å². The lowest BCUT2D eigenvalue weighted by atomic mass is 10.1. The molecular formula is C21H25FN2O3. The zero-order chi connectivity index (χ0) is 19.8. The van der Waals surface area contributed by atoms with Gasteiger partial charge in [-0.2, -0.15) is 0 Å². The summed E-state index contributed by atoms with van der Waals surface area (Å²) in [5.41, 5.74) is 1.83. The van der Waals surface area contributed by atoms with Crippen molar-refractivity contribution in [1.29, 1.82) is 0 Å². The maximum atomic E-state index is 13.1. The Bertz CT molecular complexity index is 760. The number of aryl methyl sites for hydroxylation is 1. The van der Waals surface area contributed by atoms with E-state index in [9.17, 15) is 14.0 Å². The summed E-state index contributed by atoms with van der Waals surface area (Å²) >= 11 is 0. The van der Waals surface area contributed by atoms with E-state index < -0.39 is 6.04 Å². The van der Waals surface area contributed by atoms with Crippen LogP contribution < -0.4 is 10.1 Å². The molecule has 6 heteroatoms. The van der Waals surface area contributed by atoms with Gasteiger partial charge in [0.05, 0.1) is 0 Å². The molecule has 27 heavy (non-hydrogen) atoms. The maximum Gasteiger partial charge on any atom is 0.261 e. The van der Waals surface area contributed by atoms with E-state index >= 15 is 0 Å². The highest BCUT2D eigenvalue weighted by Gasteiger charge is 2.26. The molecule has 1 atom stereocenters. The number of hydrogen-bond acceptors (Lipinski definition) is 3. The first kappa shape index (κ1) is 20.4. The molecule has 2 aromatic carbocycles. The molecular weight excluding hydrogens is 347 g/mol. The first-order chi connectivity index (χ1) is 12.9. The van der Waals surface area contributed by atoms with E-state index in [-0.39, 0.29) is 30.8 Å². The minimum atomic E-state index is -0.677. The molecule has 1 unspecified atom stereocenters. The van der Waals surface area contributed by atoms with Crippen LogP contribution in [-0.2, 0) is 16.1 Å². The minimum Gasteiger partial charge on any atom is -0.484 e. The number of likely N-dealkylation sites (N-methyl/N-ethyl adjacent to an activating group) is 1. The van der Waals surface area contributed by atoms with E-state index in [0.717, 1.165) is 11.1 Å². The third kappa shape index (κ3) is 6.09. The Balaban J connectivity index is 2.11. The predicted octanol–water partition coefficient (Wildman–Crippen LogP) is 3.07. The van der Waals surface area contributed by atoms with Crippen LogP contribution in [0, 0.1) is 12.7 Å². The van der Waals surface area contributed by atoms with Crippen LogP contribution in [0.2, 0.25) is 0 Å². The SMILES string of the molecule is CCNC(=O)C(C)N(Cc1ccc(F)cc1)C(=O)COc1ccc(C)cc1. The van der Waals surface area contributed by atoms with Crippen molar-refractivity contribution >= 4 is 11.8 Å². The van der Waals surface area contributed by atoms with E-state index in [1.54, 1.807) is 31.2 Å². The van der Waals surface area contributed by atoms with Crippen LogP contribution in [0.25, 0.3) is 0 Å². The Morgan fingerprint density at radius 2 is 1.74 bits per heavy atom. The van der Waals surface area contributed by atoms with Crippen LogP contribution in [0.1, 0.15) is 25.0 Å². The molecule has 144 valence electrons. The van der Waals surface area contributed by atoms with Crippen molar-refractivity contribution < 1.29 is 18.7 Å². The van der Waals surface area contributed by atoms with Gasteiger partial charge in [0.1, 0.15) is 17.6 Å². The Kier molecular flexibility index (Phi) is 7.34. The Labute approximate surface area is 159 Å². The summed E-state index contributed by atoms with van der Waals surface area (Å²) in [7, 11) is 0. The third-order valence-electron chi connectivity index (χ3n) is 4.17. The summed E-state index contributed by atoms with van der Waals surface area (Å²) in [4.78, 5) is 26.4. The first-order valence-corrected chi connectivity index (χ1v) is 8.91. The van der Waals surface area contributed by atoms with Gasteiger partial charge in [0.15, 0.2) is 6.61 Å². The summed E-state index contributed by atoms with van der Waals surface area (Å²) in [5.74, 6) is -0.334. The van der Waals surface area contributed by atoms with E-state index in [0.29, 0.717) is 12.3 Å². The van der Waals surface area contributed by atoms with Crippen LogP contribution in [0.5, 0.6) is 5.75 Å². The average molecular weight is 372 g/mol. The lowest BCUT2D eigenvalue weighted by Crippen LogP contribution is -2.49. The molecule has 0 aliphatic carbocycles. The summed E-state index contributed by atoms with van der Waals surface area (Å²) in [5, 5.41) is 2.72. The number of hydrogen-bond donors (Lipinski definition) is 1. The van der Waals surface area contributed by atoms with Crippen molar-refractivity contribution in [3.05, 3.63) is 65.5 Å². The molecule has 0 radical (unpaired) electrons. The normalized spacial score (nSPS) is 11.6. The highest BCUT2D eigenvalue weighted by molar-refractivity contribution is 5.87. The summed E-state index contributed by atoms with van der Waals surface area (Å²) in [6, 6.07) is 12.6. The summed E-state index contributed by atoms with van der Waals surface area (Å²) < 4.78 is 18.7. The molecule has 2 aromatic rings. The lowest BCUT2D eigenvalue weighted by Gasteiger charge is -2.28. The maximum absolute atomic E-state index is 13.1. The van der Waals surface area contributed by atoms with Gasteiger partial charge in [0.25, 0.3) is 5.91 Å². The number of amides is 2. The number of carbonyl (C=O) groups excluding carboxylic acids is 2. The zero-order valence-electron chi connectivity index (χ0n) is 15.9. The summed E-state index contributed by atoms with van der Waals surface area (Å²) in [6.07, 6.45) is 0. The summed E-state index contributed by atoms with van der Waals surface area (Å²) in [6.45, 7) is 5.92. The van der Waals surface area contributed by atoms with E-state index in [1.165, 1.54) is 17.0 Å². The van der Waals surface area contributed by atoms with E-state index in [4.69, 9.17) is 4.74 Å². The second kappa shape index (κ2) is 9.71. The van der Waals surface area contributed by atoms with Crippen molar-refractivity contribution in [2.45, 2.75) is 33.4 Å². The highest BCUT2D eigenvalue weighted by atomic mass is 19.1. The number of nitrogens with zero attached hydrogens (tertiary/aromatic N) is 1. The van der Waals surface area contributed by atoms with Gasteiger partial charge in [-0.05, 0) is 50.6 Å². The molecule has 0 heterocycles. The predicted molar refractivity (Wildman–Crippen MR) is 102 cm³/mol. The largest absolute Gasteiger partial charge is 0.484 e. The van der Waals surface area contributed by atoms with E-state index in [2.05, 4.69) is 5.32 Å². The Morgan fingerprint density at radius 1 is 1.11 bits per heavy atom. The molecule has 1 N–H and O–H groups in total. The molecule has 0 bridgehead atoms. The molecule has 0 saturated carbocycles. The third-order valence-corrected chi connectivity index (χ3v) is 4.17. The molecule has 0 aliphatic heterocycles. The molecule has 5 nitrogen and oxygen atoms in total. The number of nitrogens with one attached hydrogen (secondary N) is 1. The smallest absolute Gasteiger partial charge is 0.261 e. The zero-order valence-corrected chi connectivity index (χ0v) is 15.9. The van der Waals surface area contributed by atoms with Crippen LogP contribution in [0.4, 0.5) is 4.39 Å². The van der Waals surface area contributed by atoms with Gasteiger partial charge < -0.3 is 15.0 Å². The average Bonchev–Trinajstić information content (AvgIpc) is 2.66. The van der Waals surface area contributed by atoms with Crippen molar-refractivity contribution in [1.82, 2.24) is 10.2 Å². The minimum absolute atomic E-state index is 0.187. The number of carbonyl (C=O) groups is 2. The quantitative estimate of drug-likeness (QED) is 0.775. The van der Waals surface area contributed by atoms with Crippen LogP contribution in [0.3, 0.4) is 0 Å². The van der Waals surface area contributed by atoms with Gasteiger partial charge in [-0.25, -0.2) is 4.39 Å². The van der Waals surface area contributed by atoms with Crippen LogP contribution in [0.15, 0.2) is 48.5 Å². The van der Waals surface area contributed by atoms with Gasteiger partial charge in [-0.1, -0.05) is 29.8 Å². The van der Waals surface area contributed by atoms with Crippen LogP contribution in [-0.4, -0.2) is 35.9 Å². The molecule has 2 rings (SSSR count). The standard InChI is InChI=1S/C21H25FN2O3/c1-4-23-21(26)16(3)24(13-17-7-9-18(22)10-8-17)20(25)14-27-19-11-5-15(2)6-12-19/h5-12,16H,4,13-14H2,1-3H3,(H,23,26). The van der Waals surface area contributed by atoms with Crippen molar-refractivity contribution in [2.24, 2.45) is 0 Å². The molecule has 0 aliphatic rings. The number of benzene rings is 2. The Hall–Kier alpha value is -2.89. The molecule has 0 saturated heterocycles. The second-order valence-corrected chi connectivity index (χ2v) is 6.32. The first-order valence-electron chi connectivity index (χ1n) is 8.91. The fourth-order valence-corrected chi connectivity index (χ4v) is 2.55. The molecule has 0 spiro atoms. The topological polar surface area (TPSA) is 58.6 Å². The highest BCUT2D eigenvalue weighted by Crippen LogP contribution is 2.14. The fourth-order valence-electron chi connectivity index (χ4n) is 2.55. The Morgan fingerprint density at radius 3 is 2.33 bits per heavy atom. The van der Waals surface area contributed by atoms with E-state index in [1.807, 2.05) is 26.0 Å². The van der Waals surface area contributed by atoms with Crippen LogP contribution >= 0.6 is 0 Å². The molecule has 0 aromatic heterocycles. The van der Waals surface area contributed by atoms with Gasteiger partial charge >= 0.3 is 0 Å².